The Morgan fingerprint density at radius 1 is 1.24 bits per heavy atom. The molecular weight excluding hydrogens is 256 g/mol. The second-order valence-electron chi connectivity index (χ2n) is 8.16. The number of rotatable bonds is 1. The van der Waals surface area contributed by atoms with Crippen LogP contribution in [0.4, 0.5) is 0 Å². The van der Waals surface area contributed by atoms with Gasteiger partial charge in [-0.05, 0) is 56.4 Å². The highest BCUT2D eigenvalue weighted by atomic mass is 16.1. The van der Waals surface area contributed by atoms with Gasteiger partial charge in [-0.2, -0.15) is 0 Å². The van der Waals surface area contributed by atoms with Gasteiger partial charge in [-0.3, -0.25) is 4.79 Å². The molecule has 114 valence electrons. The van der Waals surface area contributed by atoms with Crippen molar-refractivity contribution in [1.82, 2.24) is 0 Å². The highest BCUT2D eigenvalue weighted by Gasteiger charge is 2.55. The second-order valence-corrected chi connectivity index (χ2v) is 8.16. The molecule has 3 aliphatic rings. The van der Waals surface area contributed by atoms with Crippen LogP contribution in [0, 0.1) is 28.6 Å². The lowest BCUT2D eigenvalue weighted by atomic mass is 9.54. The third-order valence-corrected chi connectivity index (χ3v) is 6.30. The molecule has 4 atom stereocenters. The quantitative estimate of drug-likeness (QED) is 0.612. The average Bonchev–Trinajstić information content (AvgIpc) is 2.59. The number of carbonyl (C=O) groups is 1. The lowest BCUT2D eigenvalue weighted by Crippen LogP contribution is -2.44. The molecule has 4 unspecified atom stereocenters. The standard InChI is InChI=1S/C20H28O/c1-13(2)15-12-17(21)20(5)11-10-19(4)9-8-14(3)6-7-16(19)18(15)20/h8,10-13,16,18H,6-7,9H2,1-5H3. The van der Waals surface area contributed by atoms with Crippen LogP contribution in [0.15, 0.2) is 35.5 Å². The summed E-state index contributed by atoms with van der Waals surface area (Å²) in [5.41, 5.74) is 2.82. The van der Waals surface area contributed by atoms with E-state index >= 15 is 0 Å². The molecule has 0 aromatic carbocycles. The molecule has 1 heteroatoms. The van der Waals surface area contributed by atoms with Crippen molar-refractivity contribution < 1.29 is 4.79 Å². The van der Waals surface area contributed by atoms with Crippen LogP contribution in [-0.2, 0) is 4.79 Å². The second kappa shape index (κ2) is 4.69. The fraction of sp³-hybridized carbons (Fsp3) is 0.650. The van der Waals surface area contributed by atoms with E-state index in [1.165, 1.54) is 24.0 Å². The maximum Gasteiger partial charge on any atom is 0.165 e. The molecule has 0 fully saturated rings. The van der Waals surface area contributed by atoms with Gasteiger partial charge in [0.1, 0.15) is 0 Å². The number of carbonyl (C=O) groups excluding carboxylic acids is 1. The van der Waals surface area contributed by atoms with E-state index in [2.05, 4.69) is 52.8 Å². The maximum absolute atomic E-state index is 12.6. The third-order valence-electron chi connectivity index (χ3n) is 6.30. The van der Waals surface area contributed by atoms with E-state index in [9.17, 15) is 4.79 Å². The molecule has 0 heterocycles. The van der Waals surface area contributed by atoms with Crippen LogP contribution in [0.25, 0.3) is 0 Å². The SMILES string of the molecule is CC1=CCC2(C)C=CC3(C)C(=O)C=C(C(C)C)C3C2CC1. The van der Waals surface area contributed by atoms with Crippen molar-refractivity contribution in [2.24, 2.45) is 28.6 Å². The molecule has 3 rings (SSSR count). The van der Waals surface area contributed by atoms with Crippen LogP contribution in [0.1, 0.15) is 53.9 Å². The molecule has 1 nitrogen and oxygen atoms in total. The highest BCUT2D eigenvalue weighted by Crippen LogP contribution is 2.59. The summed E-state index contributed by atoms with van der Waals surface area (Å²) in [6, 6.07) is 0. The van der Waals surface area contributed by atoms with Gasteiger partial charge >= 0.3 is 0 Å². The first kappa shape index (κ1) is 14.8. The molecule has 0 aromatic rings. The molecular formula is C20H28O. The van der Waals surface area contributed by atoms with Crippen molar-refractivity contribution in [2.45, 2.75) is 53.9 Å². The molecule has 21 heavy (non-hydrogen) atoms. The zero-order valence-electron chi connectivity index (χ0n) is 14.1. The van der Waals surface area contributed by atoms with Crippen LogP contribution < -0.4 is 0 Å². The van der Waals surface area contributed by atoms with Gasteiger partial charge in [-0.15, -0.1) is 0 Å². The largest absolute Gasteiger partial charge is 0.294 e. The summed E-state index contributed by atoms with van der Waals surface area (Å²) >= 11 is 0. The van der Waals surface area contributed by atoms with E-state index in [1.54, 1.807) is 0 Å². The van der Waals surface area contributed by atoms with Gasteiger partial charge in [0.25, 0.3) is 0 Å². The molecule has 3 aliphatic carbocycles. The zero-order chi connectivity index (χ0) is 15.4. The lowest BCUT2D eigenvalue weighted by molar-refractivity contribution is -0.123. The Kier molecular flexibility index (Phi) is 3.31. The van der Waals surface area contributed by atoms with Gasteiger partial charge in [0.2, 0.25) is 0 Å². The van der Waals surface area contributed by atoms with Crippen molar-refractivity contribution in [1.29, 1.82) is 0 Å². The summed E-state index contributed by atoms with van der Waals surface area (Å²) < 4.78 is 0. The van der Waals surface area contributed by atoms with Crippen LogP contribution in [-0.4, -0.2) is 5.78 Å². The number of hydrogen-bond donors (Lipinski definition) is 0. The minimum Gasteiger partial charge on any atom is -0.294 e. The lowest BCUT2D eigenvalue weighted by Gasteiger charge is -2.48. The Hall–Kier alpha value is -1.11. The van der Waals surface area contributed by atoms with Crippen molar-refractivity contribution in [3.8, 4) is 0 Å². The molecule has 0 radical (unpaired) electrons. The first-order chi connectivity index (χ1) is 9.78. The Balaban J connectivity index is 2.09. The number of ketones is 1. The van der Waals surface area contributed by atoms with Gasteiger partial charge < -0.3 is 0 Å². The van der Waals surface area contributed by atoms with E-state index in [0.29, 0.717) is 23.5 Å². The van der Waals surface area contributed by atoms with Crippen LogP contribution in [0.5, 0.6) is 0 Å². The Labute approximate surface area is 129 Å². The molecule has 0 amide bonds. The summed E-state index contributed by atoms with van der Waals surface area (Å²) in [6.07, 6.45) is 12.5. The Morgan fingerprint density at radius 2 is 1.95 bits per heavy atom. The molecule has 0 aliphatic heterocycles. The van der Waals surface area contributed by atoms with E-state index < -0.39 is 0 Å². The molecule has 0 saturated heterocycles. The molecule has 0 spiro atoms. The highest BCUT2D eigenvalue weighted by molar-refractivity contribution is 6.00. The first-order valence-electron chi connectivity index (χ1n) is 8.40. The van der Waals surface area contributed by atoms with Crippen molar-refractivity contribution in [3.63, 3.8) is 0 Å². The van der Waals surface area contributed by atoms with Crippen LogP contribution in [0.2, 0.25) is 0 Å². The predicted molar refractivity (Wildman–Crippen MR) is 87.9 cm³/mol. The molecule has 0 saturated carbocycles. The normalized spacial score (nSPS) is 42.3. The number of allylic oxidation sites excluding steroid dienone is 6. The summed E-state index contributed by atoms with van der Waals surface area (Å²) in [5, 5.41) is 0. The van der Waals surface area contributed by atoms with Gasteiger partial charge in [0.15, 0.2) is 5.78 Å². The van der Waals surface area contributed by atoms with Crippen LogP contribution in [0.3, 0.4) is 0 Å². The van der Waals surface area contributed by atoms with Gasteiger partial charge in [-0.1, -0.05) is 50.1 Å². The maximum atomic E-state index is 12.6. The molecule has 0 N–H and O–H groups in total. The average molecular weight is 284 g/mol. The molecule has 0 bridgehead atoms. The first-order valence-corrected chi connectivity index (χ1v) is 8.40. The summed E-state index contributed by atoms with van der Waals surface area (Å²) in [6.45, 7) is 11.3. The van der Waals surface area contributed by atoms with E-state index in [-0.39, 0.29) is 10.8 Å². The Bertz CT molecular complexity index is 562. The van der Waals surface area contributed by atoms with E-state index in [0.717, 1.165) is 6.42 Å². The van der Waals surface area contributed by atoms with E-state index in [4.69, 9.17) is 0 Å². The summed E-state index contributed by atoms with van der Waals surface area (Å²) in [4.78, 5) is 12.6. The van der Waals surface area contributed by atoms with Crippen molar-refractivity contribution in [3.05, 3.63) is 35.5 Å². The molecule has 0 aromatic heterocycles. The van der Waals surface area contributed by atoms with Crippen molar-refractivity contribution in [2.75, 3.05) is 0 Å². The number of hydrogen-bond acceptors (Lipinski definition) is 1. The smallest absolute Gasteiger partial charge is 0.165 e. The topological polar surface area (TPSA) is 17.1 Å². The summed E-state index contributed by atoms with van der Waals surface area (Å²) in [7, 11) is 0. The minimum absolute atomic E-state index is 0.209. The minimum atomic E-state index is -0.290. The van der Waals surface area contributed by atoms with Gasteiger partial charge in [0.05, 0.1) is 5.41 Å². The van der Waals surface area contributed by atoms with Gasteiger partial charge in [-0.25, -0.2) is 0 Å². The van der Waals surface area contributed by atoms with Crippen LogP contribution >= 0.6 is 0 Å². The predicted octanol–water partition coefficient (Wildman–Crippen LogP) is 5.10. The number of fused-ring (bicyclic) bond motifs is 3. The third kappa shape index (κ3) is 2.08. The fourth-order valence-electron chi connectivity index (χ4n) is 4.72. The van der Waals surface area contributed by atoms with E-state index in [1.807, 2.05) is 6.08 Å². The zero-order valence-corrected chi connectivity index (χ0v) is 14.1. The monoisotopic (exact) mass is 284 g/mol. The summed E-state index contributed by atoms with van der Waals surface area (Å²) in [5.74, 6) is 1.78. The Morgan fingerprint density at radius 3 is 2.62 bits per heavy atom. The van der Waals surface area contributed by atoms with Crippen molar-refractivity contribution >= 4 is 5.78 Å². The van der Waals surface area contributed by atoms with Gasteiger partial charge in [0, 0.05) is 5.92 Å². The fourth-order valence-corrected chi connectivity index (χ4v) is 4.72.